The zero-order valence-corrected chi connectivity index (χ0v) is 10.5. The Labute approximate surface area is 103 Å². The smallest absolute Gasteiger partial charge is 0.137 e. The molecule has 1 fully saturated rings. The maximum Gasteiger partial charge on any atom is 0.137 e. The molecule has 1 aromatic rings. The number of ether oxygens (including phenoxy) is 1. The van der Waals surface area contributed by atoms with Gasteiger partial charge in [-0.05, 0) is 46.5 Å². The number of aliphatic hydroxyl groups excluding tert-OH is 1. The molecule has 88 valence electrons. The van der Waals surface area contributed by atoms with E-state index in [1.54, 1.807) is 12.1 Å². The van der Waals surface area contributed by atoms with Crippen molar-refractivity contribution in [3.05, 3.63) is 34.1 Å². The van der Waals surface area contributed by atoms with Gasteiger partial charge >= 0.3 is 0 Å². The highest BCUT2D eigenvalue weighted by Gasteiger charge is 2.34. The summed E-state index contributed by atoms with van der Waals surface area (Å²) in [6.45, 7) is 1.39. The first kappa shape index (κ1) is 12.0. The van der Waals surface area contributed by atoms with E-state index in [1.807, 2.05) is 0 Å². The Hall–Kier alpha value is -0.450. The second-order valence-electron chi connectivity index (χ2n) is 4.39. The predicted octanol–water partition coefficient (Wildman–Crippen LogP) is 2.53. The summed E-state index contributed by atoms with van der Waals surface area (Å²) in [4.78, 5) is 0. The molecular formula is C12H14BrFO2. The van der Waals surface area contributed by atoms with E-state index in [4.69, 9.17) is 4.74 Å². The van der Waals surface area contributed by atoms with Gasteiger partial charge < -0.3 is 9.84 Å². The van der Waals surface area contributed by atoms with Gasteiger partial charge in [0, 0.05) is 12.0 Å². The normalized spacial score (nSPS) is 24.9. The van der Waals surface area contributed by atoms with Crippen LogP contribution in [0.25, 0.3) is 0 Å². The molecule has 1 aromatic carbocycles. The standard InChI is InChI=1S/C12H14BrFO2/c13-10-5-9(1-2-11(10)14)6-12(7-15)3-4-16-8-12/h1-2,5,15H,3-4,6-8H2. The van der Waals surface area contributed by atoms with Crippen LogP contribution in [0, 0.1) is 11.2 Å². The van der Waals surface area contributed by atoms with E-state index in [0.717, 1.165) is 18.4 Å². The lowest BCUT2D eigenvalue weighted by Gasteiger charge is -2.24. The number of rotatable bonds is 3. The van der Waals surface area contributed by atoms with Crippen LogP contribution in [0.3, 0.4) is 0 Å². The SMILES string of the molecule is OCC1(Cc2ccc(F)c(Br)c2)CCOC1. The van der Waals surface area contributed by atoms with E-state index in [1.165, 1.54) is 6.07 Å². The summed E-state index contributed by atoms with van der Waals surface area (Å²) in [7, 11) is 0. The summed E-state index contributed by atoms with van der Waals surface area (Å²) in [6.07, 6.45) is 1.58. The van der Waals surface area contributed by atoms with Gasteiger partial charge in [-0.15, -0.1) is 0 Å². The Kier molecular flexibility index (Phi) is 3.62. The lowest BCUT2D eigenvalue weighted by molar-refractivity contribution is 0.0935. The van der Waals surface area contributed by atoms with Gasteiger partial charge in [0.2, 0.25) is 0 Å². The zero-order chi connectivity index (χ0) is 11.6. The van der Waals surface area contributed by atoms with Gasteiger partial charge in [-0.2, -0.15) is 0 Å². The van der Waals surface area contributed by atoms with Crippen molar-refractivity contribution in [2.75, 3.05) is 19.8 Å². The lowest BCUT2D eigenvalue weighted by Crippen LogP contribution is -2.28. The second-order valence-corrected chi connectivity index (χ2v) is 5.24. The topological polar surface area (TPSA) is 29.5 Å². The fourth-order valence-corrected chi connectivity index (χ4v) is 2.48. The summed E-state index contributed by atoms with van der Waals surface area (Å²) < 4.78 is 18.9. The van der Waals surface area contributed by atoms with E-state index in [-0.39, 0.29) is 17.8 Å². The van der Waals surface area contributed by atoms with Gasteiger partial charge in [0.15, 0.2) is 0 Å². The Balaban J connectivity index is 2.16. The van der Waals surface area contributed by atoms with Crippen molar-refractivity contribution in [2.24, 2.45) is 5.41 Å². The summed E-state index contributed by atoms with van der Waals surface area (Å²) in [5.74, 6) is -0.260. The maximum absolute atomic E-state index is 13.1. The molecule has 0 radical (unpaired) electrons. The molecule has 4 heteroatoms. The first-order valence-corrected chi connectivity index (χ1v) is 6.07. The van der Waals surface area contributed by atoms with Crippen molar-refractivity contribution in [1.29, 1.82) is 0 Å². The maximum atomic E-state index is 13.1. The average molecular weight is 289 g/mol. The van der Waals surface area contributed by atoms with Crippen LogP contribution in [0.2, 0.25) is 0 Å². The number of hydrogen-bond acceptors (Lipinski definition) is 2. The molecule has 0 aliphatic carbocycles. The van der Waals surface area contributed by atoms with Crippen molar-refractivity contribution in [2.45, 2.75) is 12.8 Å². The quantitative estimate of drug-likeness (QED) is 0.926. The van der Waals surface area contributed by atoms with Gasteiger partial charge in [-0.3, -0.25) is 0 Å². The van der Waals surface area contributed by atoms with Crippen LogP contribution in [-0.2, 0) is 11.2 Å². The van der Waals surface area contributed by atoms with Crippen molar-refractivity contribution >= 4 is 15.9 Å². The minimum absolute atomic E-state index is 0.113. The summed E-state index contributed by atoms with van der Waals surface area (Å²) in [5, 5.41) is 9.44. The predicted molar refractivity (Wildman–Crippen MR) is 62.8 cm³/mol. The number of halogens is 2. The minimum atomic E-state index is -0.260. The molecule has 16 heavy (non-hydrogen) atoms. The molecule has 1 saturated heterocycles. The highest BCUT2D eigenvalue weighted by molar-refractivity contribution is 9.10. The van der Waals surface area contributed by atoms with Crippen LogP contribution >= 0.6 is 15.9 Å². The van der Waals surface area contributed by atoms with Crippen LogP contribution in [-0.4, -0.2) is 24.9 Å². The zero-order valence-electron chi connectivity index (χ0n) is 8.88. The third-order valence-corrected chi connectivity index (χ3v) is 3.69. The van der Waals surface area contributed by atoms with Crippen LogP contribution in [0.5, 0.6) is 0 Å². The largest absolute Gasteiger partial charge is 0.396 e. The van der Waals surface area contributed by atoms with E-state index >= 15 is 0 Å². The Morgan fingerprint density at radius 3 is 2.88 bits per heavy atom. The summed E-state index contributed by atoms with van der Waals surface area (Å²) in [6, 6.07) is 4.97. The molecule has 1 unspecified atom stereocenters. The molecule has 1 heterocycles. The van der Waals surface area contributed by atoms with Crippen LogP contribution in [0.1, 0.15) is 12.0 Å². The monoisotopic (exact) mass is 288 g/mol. The van der Waals surface area contributed by atoms with Gasteiger partial charge in [-0.1, -0.05) is 6.07 Å². The molecule has 1 N–H and O–H groups in total. The highest BCUT2D eigenvalue weighted by Crippen LogP contribution is 2.33. The molecule has 2 nitrogen and oxygen atoms in total. The highest BCUT2D eigenvalue weighted by atomic mass is 79.9. The third kappa shape index (κ3) is 2.44. The Morgan fingerprint density at radius 2 is 2.31 bits per heavy atom. The average Bonchev–Trinajstić information content (AvgIpc) is 2.73. The van der Waals surface area contributed by atoms with Crippen LogP contribution in [0.4, 0.5) is 4.39 Å². The molecule has 1 aliphatic rings. The van der Waals surface area contributed by atoms with Crippen molar-refractivity contribution < 1.29 is 14.2 Å². The Morgan fingerprint density at radius 1 is 1.50 bits per heavy atom. The van der Waals surface area contributed by atoms with Crippen molar-refractivity contribution in [3.8, 4) is 0 Å². The number of benzene rings is 1. The Bertz CT molecular complexity index is 375. The van der Waals surface area contributed by atoms with Gasteiger partial charge in [-0.25, -0.2) is 4.39 Å². The summed E-state index contributed by atoms with van der Waals surface area (Å²) in [5.41, 5.74) is 0.838. The van der Waals surface area contributed by atoms with Crippen LogP contribution in [0.15, 0.2) is 22.7 Å². The number of aliphatic hydroxyl groups is 1. The minimum Gasteiger partial charge on any atom is -0.396 e. The first-order valence-electron chi connectivity index (χ1n) is 5.28. The van der Waals surface area contributed by atoms with Gasteiger partial charge in [0.05, 0.1) is 17.7 Å². The van der Waals surface area contributed by atoms with E-state index in [9.17, 15) is 9.50 Å². The van der Waals surface area contributed by atoms with E-state index in [2.05, 4.69) is 15.9 Å². The van der Waals surface area contributed by atoms with Crippen LogP contribution < -0.4 is 0 Å². The van der Waals surface area contributed by atoms with Crippen molar-refractivity contribution in [3.63, 3.8) is 0 Å². The first-order chi connectivity index (χ1) is 7.65. The molecule has 1 aliphatic heterocycles. The molecule has 0 saturated carbocycles. The molecule has 0 aromatic heterocycles. The van der Waals surface area contributed by atoms with Crippen molar-refractivity contribution in [1.82, 2.24) is 0 Å². The molecule has 2 rings (SSSR count). The number of hydrogen-bond donors (Lipinski definition) is 1. The fraction of sp³-hybridized carbons (Fsp3) is 0.500. The molecule has 0 spiro atoms. The van der Waals surface area contributed by atoms with E-state index in [0.29, 0.717) is 17.7 Å². The second kappa shape index (κ2) is 4.82. The van der Waals surface area contributed by atoms with Gasteiger partial charge in [0.25, 0.3) is 0 Å². The lowest BCUT2D eigenvalue weighted by atomic mass is 9.82. The van der Waals surface area contributed by atoms with Gasteiger partial charge in [0.1, 0.15) is 5.82 Å². The molecule has 1 atom stereocenters. The molecule has 0 bridgehead atoms. The molecule has 0 amide bonds. The fourth-order valence-electron chi connectivity index (χ4n) is 2.05. The third-order valence-electron chi connectivity index (χ3n) is 3.08. The summed E-state index contributed by atoms with van der Waals surface area (Å²) >= 11 is 3.17. The molecular weight excluding hydrogens is 275 g/mol. The van der Waals surface area contributed by atoms with E-state index < -0.39 is 0 Å².